The van der Waals surface area contributed by atoms with E-state index in [0.717, 1.165) is 16.7 Å². The number of fused-ring (bicyclic) bond motifs is 1. The third-order valence-corrected chi connectivity index (χ3v) is 5.15. The second kappa shape index (κ2) is 8.85. The topological polar surface area (TPSA) is 52.7 Å². The van der Waals surface area contributed by atoms with Gasteiger partial charge in [-0.2, -0.15) is 0 Å². The summed E-state index contributed by atoms with van der Waals surface area (Å²) in [5.41, 5.74) is 3.21. The molecule has 0 fully saturated rings. The highest BCUT2D eigenvalue weighted by molar-refractivity contribution is 5.81. The van der Waals surface area contributed by atoms with E-state index in [1.165, 1.54) is 6.92 Å². The van der Waals surface area contributed by atoms with Gasteiger partial charge in [-0.05, 0) is 36.9 Å². The fourth-order valence-corrected chi connectivity index (χ4v) is 3.65. The highest BCUT2D eigenvalue weighted by Gasteiger charge is 2.28. The molecule has 0 bridgehead atoms. The largest absolute Gasteiger partial charge is 0.354 e. The van der Waals surface area contributed by atoms with Crippen molar-refractivity contribution in [2.45, 2.75) is 25.4 Å². The Morgan fingerprint density at radius 2 is 1.75 bits per heavy atom. The molecule has 0 saturated carbocycles. The van der Waals surface area contributed by atoms with Gasteiger partial charge in [0.05, 0.1) is 18.5 Å². The van der Waals surface area contributed by atoms with Crippen molar-refractivity contribution in [3.8, 4) is 0 Å². The number of carbonyl (C=O) groups excluding carboxylic acids is 2. The SMILES string of the molecule is CC(=O)N1C=Cc2ccccc2C1CC(=O)NCC(c1ccccc1)N(C)C. The van der Waals surface area contributed by atoms with Crippen molar-refractivity contribution < 1.29 is 9.59 Å². The molecule has 1 aliphatic rings. The maximum absolute atomic E-state index is 12.8. The predicted octanol–water partition coefficient (Wildman–Crippen LogP) is 3.37. The number of hydrogen-bond donors (Lipinski definition) is 1. The Morgan fingerprint density at radius 3 is 2.43 bits per heavy atom. The molecule has 0 aliphatic carbocycles. The Morgan fingerprint density at radius 1 is 1.07 bits per heavy atom. The van der Waals surface area contributed by atoms with Crippen molar-refractivity contribution in [2.24, 2.45) is 0 Å². The molecule has 1 heterocycles. The van der Waals surface area contributed by atoms with Crippen LogP contribution in [0.25, 0.3) is 6.08 Å². The molecule has 0 spiro atoms. The zero-order chi connectivity index (χ0) is 20.1. The molecule has 5 nitrogen and oxygen atoms in total. The molecule has 146 valence electrons. The summed E-state index contributed by atoms with van der Waals surface area (Å²) in [5, 5.41) is 3.06. The number of carbonyl (C=O) groups is 2. The minimum Gasteiger partial charge on any atom is -0.354 e. The third-order valence-electron chi connectivity index (χ3n) is 5.15. The Labute approximate surface area is 166 Å². The molecule has 0 radical (unpaired) electrons. The first-order chi connectivity index (χ1) is 13.5. The van der Waals surface area contributed by atoms with Crippen molar-refractivity contribution in [3.05, 3.63) is 77.5 Å². The van der Waals surface area contributed by atoms with Crippen LogP contribution in [0.4, 0.5) is 0 Å². The van der Waals surface area contributed by atoms with Gasteiger partial charge in [-0.25, -0.2) is 0 Å². The molecule has 1 aliphatic heterocycles. The first-order valence-electron chi connectivity index (χ1n) is 9.51. The molecular formula is C23H27N3O2. The summed E-state index contributed by atoms with van der Waals surface area (Å²) in [5.74, 6) is -0.136. The average molecular weight is 377 g/mol. The van der Waals surface area contributed by atoms with E-state index in [9.17, 15) is 9.59 Å². The minimum absolute atomic E-state index is 0.0656. The lowest BCUT2D eigenvalue weighted by Crippen LogP contribution is -2.38. The van der Waals surface area contributed by atoms with Crippen LogP contribution < -0.4 is 5.32 Å². The van der Waals surface area contributed by atoms with Crippen LogP contribution in [0.3, 0.4) is 0 Å². The van der Waals surface area contributed by atoms with Crippen LogP contribution in [0, 0.1) is 0 Å². The lowest BCUT2D eigenvalue weighted by Gasteiger charge is -2.32. The van der Waals surface area contributed by atoms with Gasteiger partial charge in [-0.3, -0.25) is 9.59 Å². The van der Waals surface area contributed by atoms with Crippen molar-refractivity contribution >= 4 is 17.9 Å². The van der Waals surface area contributed by atoms with Crippen LogP contribution in [0.2, 0.25) is 0 Å². The van der Waals surface area contributed by atoms with Crippen LogP contribution in [-0.2, 0) is 9.59 Å². The standard InChI is InChI=1S/C23H27N3O2/c1-17(27)26-14-13-18-9-7-8-12-20(18)21(26)15-23(28)24-16-22(25(2)3)19-10-5-4-6-11-19/h4-14,21-22H,15-16H2,1-3H3,(H,24,28). The average Bonchev–Trinajstić information content (AvgIpc) is 2.68. The fraction of sp³-hybridized carbons (Fsp3) is 0.304. The Kier molecular flexibility index (Phi) is 6.26. The molecule has 2 aromatic carbocycles. The molecule has 2 amide bonds. The van der Waals surface area contributed by atoms with Crippen LogP contribution in [-0.4, -0.2) is 42.3 Å². The van der Waals surface area contributed by atoms with Crippen LogP contribution in [0.1, 0.15) is 42.1 Å². The molecule has 0 saturated heterocycles. The number of nitrogens with zero attached hydrogens (tertiary/aromatic N) is 2. The number of benzene rings is 2. The third kappa shape index (κ3) is 4.49. The fourth-order valence-electron chi connectivity index (χ4n) is 3.65. The van der Waals surface area contributed by atoms with Crippen molar-refractivity contribution in [1.29, 1.82) is 0 Å². The second-order valence-corrected chi connectivity index (χ2v) is 7.29. The first kappa shape index (κ1) is 19.8. The van der Waals surface area contributed by atoms with E-state index in [1.54, 1.807) is 11.1 Å². The van der Waals surface area contributed by atoms with Crippen LogP contribution in [0.5, 0.6) is 0 Å². The number of amides is 2. The van der Waals surface area contributed by atoms with E-state index in [1.807, 2.05) is 62.6 Å². The molecule has 2 unspecified atom stereocenters. The van der Waals surface area contributed by atoms with Crippen LogP contribution >= 0.6 is 0 Å². The lowest BCUT2D eigenvalue weighted by atomic mass is 9.93. The van der Waals surface area contributed by atoms with Gasteiger partial charge < -0.3 is 15.1 Å². The molecule has 3 rings (SSSR count). The van der Waals surface area contributed by atoms with Crippen molar-refractivity contribution in [3.63, 3.8) is 0 Å². The zero-order valence-electron chi connectivity index (χ0n) is 16.6. The van der Waals surface area contributed by atoms with Gasteiger partial charge in [0.1, 0.15) is 0 Å². The first-order valence-corrected chi connectivity index (χ1v) is 9.51. The highest BCUT2D eigenvalue weighted by Crippen LogP contribution is 2.32. The van der Waals surface area contributed by atoms with Gasteiger partial charge in [0.25, 0.3) is 0 Å². The van der Waals surface area contributed by atoms with E-state index in [4.69, 9.17) is 0 Å². The number of nitrogens with one attached hydrogen (secondary N) is 1. The Hall–Kier alpha value is -2.92. The Balaban J connectivity index is 1.71. The summed E-state index contributed by atoms with van der Waals surface area (Å²) in [7, 11) is 4.01. The quantitative estimate of drug-likeness (QED) is 0.840. The van der Waals surface area contributed by atoms with Gasteiger partial charge in [-0.15, -0.1) is 0 Å². The Bertz CT molecular complexity index is 861. The molecular weight excluding hydrogens is 350 g/mol. The predicted molar refractivity (Wildman–Crippen MR) is 111 cm³/mol. The van der Waals surface area contributed by atoms with Gasteiger partial charge in [0.15, 0.2) is 0 Å². The molecule has 2 aromatic rings. The number of likely N-dealkylation sites (N-methyl/N-ethyl adjacent to an activating group) is 1. The van der Waals surface area contributed by atoms with Gasteiger partial charge in [-0.1, -0.05) is 54.6 Å². The summed E-state index contributed by atoms with van der Waals surface area (Å²) in [6.07, 6.45) is 3.92. The molecule has 2 atom stereocenters. The smallest absolute Gasteiger partial charge is 0.223 e. The maximum atomic E-state index is 12.8. The summed E-state index contributed by atoms with van der Waals surface area (Å²) in [6.45, 7) is 2.04. The van der Waals surface area contributed by atoms with E-state index >= 15 is 0 Å². The summed E-state index contributed by atoms with van der Waals surface area (Å²) >= 11 is 0. The summed E-state index contributed by atoms with van der Waals surface area (Å²) in [6, 6.07) is 17.8. The number of hydrogen-bond acceptors (Lipinski definition) is 3. The summed E-state index contributed by atoms with van der Waals surface area (Å²) in [4.78, 5) is 28.6. The van der Waals surface area contributed by atoms with E-state index in [2.05, 4.69) is 22.3 Å². The number of rotatable bonds is 6. The highest BCUT2D eigenvalue weighted by atomic mass is 16.2. The van der Waals surface area contributed by atoms with Crippen molar-refractivity contribution in [1.82, 2.24) is 15.1 Å². The molecule has 1 N–H and O–H groups in total. The van der Waals surface area contributed by atoms with Gasteiger partial charge >= 0.3 is 0 Å². The van der Waals surface area contributed by atoms with Crippen LogP contribution in [0.15, 0.2) is 60.8 Å². The zero-order valence-corrected chi connectivity index (χ0v) is 16.6. The monoisotopic (exact) mass is 377 g/mol. The lowest BCUT2D eigenvalue weighted by molar-refractivity contribution is -0.130. The summed E-state index contributed by atoms with van der Waals surface area (Å²) < 4.78 is 0. The van der Waals surface area contributed by atoms with E-state index < -0.39 is 0 Å². The van der Waals surface area contributed by atoms with Gasteiger partial charge in [0.2, 0.25) is 11.8 Å². The normalized spacial score (nSPS) is 16.6. The molecule has 5 heteroatoms. The second-order valence-electron chi connectivity index (χ2n) is 7.29. The van der Waals surface area contributed by atoms with Gasteiger partial charge in [0, 0.05) is 19.7 Å². The molecule has 28 heavy (non-hydrogen) atoms. The van der Waals surface area contributed by atoms with E-state index in [-0.39, 0.29) is 30.3 Å². The minimum atomic E-state index is -0.284. The van der Waals surface area contributed by atoms with E-state index in [0.29, 0.717) is 6.54 Å². The van der Waals surface area contributed by atoms with Crippen molar-refractivity contribution in [2.75, 3.05) is 20.6 Å². The molecule has 0 aromatic heterocycles. The maximum Gasteiger partial charge on any atom is 0.223 e.